The minimum atomic E-state index is -1.77. The number of benzene rings is 1. The van der Waals surface area contributed by atoms with Crippen molar-refractivity contribution in [2.24, 2.45) is 0 Å². The number of ether oxygens (including phenoxy) is 1. The van der Waals surface area contributed by atoms with Gasteiger partial charge in [0.15, 0.2) is 12.4 Å². The molecule has 2 heterocycles. The molecule has 146 valence electrons. The number of nitrogens with zero attached hydrogens (tertiary/aromatic N) is 2. The maximum absolute atomic E-state index is 14.7. The Balaban J connectivity index is 1.74. The van der Waals surface area contributed by atoms with E-state index in [1.54, 1.807) is 6.92 Å². The second-order valence-corrected chi connectivity index (χ2v) is 6.86. The lowest BCUT2D eigenvalue weighted by molar-refractivity contribution is -0.0387. The maximum Gasteiger partial charge on any atom is 0.330 e. The third-order valence-electron chi connectivity index (χ3n) is 4.78. The van der Waals surface area contributed by atoms with E-state index in [1.165, 1.54) is 6.20 Å². The molecule has 1 fully saturated rings. The Labute approximate surface area is 156 Å². The Morgan fingerprint density at radius 3 is 2.67 bits per heavy atom. The van der Waals surface area contributed by atoms with E-state index < -0.39 is 35.9 Å². The molecule has 0 unspecified atom stereocenters. The van der Waals surface area contributed by atoms with Crippen LogP contribution in [0.15, 0.2) is 46.1 Å². The zero-order chi connectivity index (χ0) is 19.6. The summed E-state index contributed by atoms with van der Waals surface area (Å²) in [7, 11) is 1.85. The van der Waals surface area contributed by atoms with Crippen LogP contribution in [0.2, 0.25) is 0 Å². The van der Waals surface area contributed by atoms with E-state index in [2.05, 4.69) is 4.98 Å². The first-order valence-corrected chi connectivity index (χ1v) is 8.95. The van der Waals surface area contributed by atoms with Gasteiger partial charge in [0.25, 0.3) is 5.56 Å². The Kier molecular flexibility index (Phi) is 5.88. The van der Waals surface area contributed by atoms with Gasteiger partial charge in [-0.1, -0.05) is 37.3 Å². The van der Waals surface area contributed by atoms with E-state index in [1.807, 2.05) is 42.3 Å². The summed E-state index contributed by atoms with van der Waals surface area (Å²) in [6.45, 7) is 2.68. The van der Waals surface area contributed by atoms with Crippen molar-refractivity contribution in [1.29, 1.82) is 0 Å². The predicted octanol–water partition coefficient (Wildman–Crippen LogP) is 0.827. The van der Waals surface area contributed by atoms with Crippen LogP contribution in [0.4, 0.5) is 4.39 Å². The van der Waals surface area contributed by atoms with Gasteiger partial charge < -0.3 is 9.84 Å². The van der Waals surface area contributed by atoms with Crippen LogP contribution in [-0.2, 0) is 17.7 Å². The second kappa shape index (κ2) is 8.16. The molecule has 1 aromatic heterocycles. The lowest BCUT2D eigenvalue weighted by Gasteiger charge is -2.22. The maximum atomic E-state index is 14.7. The number of nitrogens with one attached hydrogen (secondary N) is 1. The van der Waals surface area contributed by atoms with Gasteiger partial charge in [0.1, 0.15) is 12.2 Å². The highest BCUT2D eigenvalue weighted by Crippen LogP contribution is 2.31. The molecule has 0 radical (unpaired) electrons. The molecule has 2 N–H and O–H groups in total. The zero-order valence-corrected chi connectivity index (χ0v) is 15.3. The number of rotatable bonds is 6. The number of aromatic amines is 1. The molecule has 27 heavy (non-hydrogen) atoms. The van der Waals surface area contributed by atoms with Gasteiger partial charge in [-0.25, -0.2) is 9.18 Å². The summed E-state index contributed by atoms with van der Waals surface area (Å²) in [5.41, 5.74) is 0.192. The highest BCUT2D eigenvalue weighted by molar-refractivity contribution is 5.14. The molecule has 0 aliphatic carbocycles. The van der Waals surface area contributed by atoms with Gasteiger partial charge in [-0.2, -0.15) is 0 Å². The molecule has 0 spiro atoms. The second-order valence-electron chi connectivity index (χ2n) is 6.86. The van der Waals surface area contributed by atoms with E-state index in [4.69, 9.17) is 4.74 Å². The van der Waals surface area contributed by atoms with Crippen LogP contribution in [-0.4, -0.2) is 51.5 Å². The molecule has 0 amide bonds. The summed E-state index contributed by atoms with van der Waals surface area (Å²) < 4.78 is 21.4. The van der Waals surface area contributed by atoms with Gasteiger partial charge in [0, 0.05) is 24.8 Å². The van der Waals surface area contributed by atoms with Crippen molar-refractivity contribution in [2.45, 2.75) is 44.5 Å². The lowest BCUT2D eigenvalue weighted by Crippen LogP contribution is -2.38. The first-order chi connectivity index (χ1) is 12.9. The largest absolute Gasteiger partial charge is 0.387 e. The van der Waals surface area contributed by atoms with E-state index in [0.29, 0.717) is 25.1 Å². The van der Waals surface area contributed by atoms with Gasteiger partial charge in [0.05, 0.1) is 0 Å². The molecule has 2 aromatic rings. The first-order valence-electron chi connectivity index (χ1n) is 8.95. The van der Waals surface area contributed by atoms with Crippen LogP contribution >= 0.6 is 0 Å². The fourth-order valence-electron chi connectivity index (χ4n) is 3.31. The number of likely N-dealkylation sites (N-methyl/N-ethyl adjacent to an activating group) is 1. The highest BCUT2D eigenvalue weighted by Gasteiger charge is 2.45. The van der Waals surface area contributed by atoms with Gasteiger partial charge in [0.2, 0.25) is 0 Å². The minimum Gasteiger partial charge on any atom is -0.387 e. The SMILES string of the molecule is CCc1cn([C@@H]2O[C@H](CN(C)Cc3ccccc3)[C@@H](O)[C@H]2F)c(=O)[nH]c1=O. The quantitative estimate of drug-likeness (QED) is 0.779. The number of alkyl halides is 1. The number of H-pyrrole nitrogens is 1. The van der Waals surface area contributed by atoms with Crippen molar-refractivity contribution in [3.05, 3.63) is 68.5 Å². The van der Waals surface area contributed by atoms with Crippen LogP contribution in [0.25, 0.3) is 0 Å². The molecule has 1 aromatic carbocycles. The summed E-state index contributed by atoms with van der Waals surface area (Å²) >= 11 is 0. The molecule has 1 aliphatic heterocycles. The molecule has 7 nitrogen and oxygen atoms in total. The predicted molar refractivity (Wildman–Crippen MR) is 98.3 cm³/mol. The topological polar surface area (TPSA) is 87.6 Å². The number of hydrogen-bond donors (Lipinski definition) is 2. The van der Waals surface area contributed by atoms with Gasteiger partial charge in [-0.05, 0) is 19.0 Å². The van der Waals surface area contributed by atoms with Crippen molar-refractivity contribution < 1.29 is 14.2 Å². The number of aromatic nitrogens is 2. The average molecular weight is 377 g/mol. The van der Waals surface area contributed by atoms with Crippen LogP contribution in [0, 0.1) is 0 Å². The Morgan fingerprint density at radius 1 is 1.30 bits per heavy atom. The highest BCUT2D eigenvalue weighted by atomic mass is 19.1. The number of aliphatic hydroxyl groups is 1. The number of hydrogen-bond acceptors (Lipinski definition) is 5. The fraction of sp³-hybridized carbons (Fsp3) is 0.474. The Hall–Kier alpha value is -2.29. The van der Waals surface area contributed by atoms with Crippen molar-refractivity contribution >= 4 is 0 Å². The molecular weight excluding hydrogens is 353 g/mol. The standard InChI is InChI=1S/C19H24FN3O4/c1-3-13-10-23(19(26)21-17(13)25)18-15(20)16(24)14(27-18)11-22(2)9-12-7-5-4-6-8-12/h4-8,10,14-16,18,24H,3,9,11H2,1-2H3,(H,21,25,26)/t14-,15-,16-,18-/m1/s1. The number of aryl methyl sites for hydroxylation is 1. The zero-order valence-electron chi connectivity index (χ0n) is 15.3. The number of aliphatic hydroxyl groups excluding tert-OH is 1. The van der Waals surface area contributed by atoms with Gasteiger partial charge >= 0.3 is 5.69 Å². The van der Waals surface area contributed by atoms with Crippen LogP contribution < -0.4 is 11.2 Å². The molecule has 3 rings (SSSR count). The third-order valence-corrected chi connectivity index (χ3v) is 4.78. The van der Waals surface area contributed by atoms with Crippen LogP contribution in [0.5, 0.6) is 0 Å². The molecule has 0 saturated carbocycles. The first kappa shape index (κ1) is 19.5. The van der Waals surface area contributed by atoms with Crippen LogP contribution in [0.1, 0.15) is 24.3 Å². The lowest BCUT2D eigenvalue weighted by atomic mass is 10.1. The van der Waals surface area contributed by atoms with Crippen molar-refractivity contribution in [3.63, 3.8) is 0 Å². The third kappa shape index (κ3) is 4.18. The molecule has 1 aliphatic rings. The summed E-state index contributed by atoms with van der Waals surface area (Å²) in [6.07, 6.45) is -3.50. The Morgan fingerprint density at radius 2 is 2.00 bits per heavy atom. The minimum absolute atomic E-state index is 0.297. The van der Waals surface area contributed by atoms with E-state index in [9.17, 15) is 19.1 Å². The van der Waals surface area contributed by atoms with E-state index >= 15 is 0 Å². The molecule has 8 heteroatoms. The van der Waals surface area contributed by atoms with E-state index in [-0.39, 0.29) is 0 Å². The Bertz CT molecular complexity index is 883. The summed E-state index contributed by atoms with van der Waals surface area (Å²) in [6, 6.07) is 9.76. The van der Waals surface area contributed by atoms with Crippen molar-refractivity contribution in [3.8, 4) is 0 Å². The molecule has 4 atom stereocenters. The van der Waals surface area contributed by atoms with Crippen molar-refractivity contribution in [2.75, 3.05) is 13.6 Å². The summed E-state index contributed by atoms with van der Waals surface area (Å²) in [5, 5.41) is 10.3. The smallest absolute Gasteiger partial charge is 0.330 e. The molecule has 0 bridgehead atoms. The van der Waals surface area contributed by atoms with Gasteiger partial charge in [-0.3, -0.25) is 19.2 Å². The van der Waals surface area contributed by atoms with E-state index in [0.717, 1.165) is 10.1 Å². The summed E-state index contributed by atoms with van der Waals surface area (Å²) in [5.74, 6) is 0. The number of halogens is 1. The summed E-state index contributed by atoms with van der Waals surface area (Å²) in [4.78, 5) is 27.9. The van der Waals surface area contributed by atoms with Crippen LogP contribution in [0.3, 0.4) is 0 Å². The van der Waals surface area contributed by atoms with Gasteiger partial charge in [-0.15, -0.1) is 0 Å². The normalized spacial score (nSPS) is 25.2. The fourth-order valence-corrected chi connectivity index (χ4v) is 3.31. The van der Waals surface area contributed by atoms with Crippen molar-refractivity contribution in [1.82, 2.24) is 14.5 Å². The molecular formula is C19H24FN3O4. The monoisotopic (exact) mass is 377 g/mol. The average Bonchev–Trinajstić information content (AvgIpc) is 2.91. The molecule has 1 saturated heterocycles.